The van der Waals surface area contributed by atoms with E-state index in [2.05, 4.69) is 5.32 Å². The maximum Gasteiger partial charge on any atom is 0.248 e. The number of benzene rings is 1. The lowest BCUT2D eigenvalue weighted by molar-refractivity contribution is -0.119. The number of rotatable bonds is 3. The van der Waals surface area contributed by atoms with E-state index in [9.17, 15) is 13.6 Å². The van der Waals surface area contributed by atoms with Crippen molar-refractivity contribution in [1.29, 1.82) is 0 Å². The van der Waals surface area contributed by atoms with Gasteiger partial charge in [0.2, 0.25) is 5.91 Å². The Bertz CT molecular complexity index is 462. The van der Waals surface area contributed by atoms with E-state index in [0.29, 0.717) is 12.2 Å². The molecule has 0 bridgehead atoms. The zero-order valence-corrected chi connectivity index (χ0v) is 9.76. The van der Waals surface area contributed by atoms with Gasteiger partial charge in [0, 0.05) is 18.7 Å². The largest absolute Gasteiger partial charge is 0.313 e. The van der Waals surface area contributed by atoms with Crippen LogP contribution in [0.25, 0.3) is 0 Å². The zero-order chi connectivity index (χ0) is 12.6. The molecule has 0 radical (unpaired) electrons. The topological polar surface area (TPSA) is 32.3 Å². The number of nitrogens with zero attached hydrogens (tertiary/aromatic N) is 1. The van der Waals surface area contributed by atoms with Gasteiger partial charge in [0.25, 0.3) is 0 Å². The molecule has 0 saturated heterocycles. The van der Waals surface area contributed by atoms with Crippen LogP contribution in [0.4, 0.5) is 14.5 Å². The third-order valence-corrected chi connectivity index (χ3v) is 2.90. The minimum atomic E-state index is -0.699. The highest BCUT2D eigenvalue weighted by molar-refractivity contribution is 6.04. The summed E-state index contributed by atoms with van der Waals surface area (Å²) in [7, 11) is 1.52. The molecule has 0 saturated carbocycles. The highest BCUT2D eigenvalue weighted by Crippen LogP contribution is 2.37. The highest BCUT2D eigenvalue weighted by atomic mass is 19.1. The van der Waals surface area contributed by atoms with Crippen LogP contribution in [0.2, 0.25) is 0 Å². The molecule has 0 fully saturated rings. The second-order valence-corrected chi connectivity index (χ2v) is 4.10. The molecule has 1 heterocycles. The van der Waals surface area contributed by atoms with E-state index in [-0.39, 0.29) is 11.5 Å². The van der Waals surface area contributed by atoms with Gasteiger partial charge in [-0.15, -0.1) is 0 Å². The molecule has 0 spiro atoms. The van der Waals surface area contributed by atoms with Gasteiger partial charge in [0.05, 0.1) is 5.69 Å². The molecule has 0 aliphatic carbocycles. The van der Waals surface area contributed by atoms with E-state index in [1.54, 1.807) is 0 Å². The molecule has 1 aliphatic heterocycles. The van der Waals surface area contributed by atoms with Gasteiger partial charge in [-0.1, -0.05) is 6.92 Å². The van der Waals surface area contributed by atoms with E-state index >= 15 is 0 Å². The molecule has 1 N–H and O–H groups in total. The lowest BCUT2D eigenvalue weighted by atomic mass is 10.1. The molecule has 1 unspecified atom stereocenters. The third-order valence-electron chi connectivity index (χ3n) is 2.90. The molecule has 5 heteroatoms. The first kappa shape index (κ1) is 12.0. The minimum Gasteiger partial charge on any atom is -0.313 e. The van der Waals surface area contributed by atoms with Gasteiger partial charge in [-0.3, -0.25) is 4.79 Å². The van der Waals surface area contributed by atoms with Crippen LogP contribution in [0.5, 0.6) is 0 Å². The Balaban J connectivity index is 2.44. The van der Waals surface area contributed by atoms with Crippen molar-refractivity contribution < 1.29 is 13.6 Å². The zero-order valence-electron chi connectivity index (χ0n) is 9.76. The SMILES string of the molecule is CCCNC1C(=O)N(C)c2cc(F)cc(F)c21. The van der Waals surface area contributed by atoms with Crippen molar-refractivity contribution in [1.82, 2.24) is 5.32 Å². The average Bonchev–Trinajstić information content (AvgIpc) is 2.51. The number of amides is 1. The number of hydrogen-bond donors (Lipinski definition) is 1. The first-order valence-corrected chi connectivity index (χ1v) is 5.56. The number of likely N-dealkylation sites (N-methyl/N-ethyl adjacent to an activating group) is 1. The summed E-state index contributed by atoms with van der Waals surface area (Å²) < 4.78 is 26.8. The van der Waals surface area contributed by atoms with Gasteiger partial charge >= 0.3 is 0 Å². The first-order chi connectivity index (χ1) is 8.06. The maximum atomic E-state index is 13.7. The lowest BCUT2D eigenvalue weighted by Gasteiger charge is -2.12. The Morgan fingerprint density at radius 2 is 2.12 bits per heavy atom. The molecule has 2 rings (SSSR count). The summed E-state index contributed by atoms with van der Waals surface area (Å²) in [5.41, 5.74) is 0.549. The van der Waals surface area contributed by atoms with E-state index in [4.69, 9.17) is 0 Å². The fourth-order valence-electron chi connectivity index (χ4n) is 2.05. The van der Waals surface area contributed by atoms with E-state index in [1.807, 2.05) is 6.92 Å². The predicted octanol–water partition coefficient (Wildman–Crippen LogP) is 1.98. The molecule has 1 aromatic rings. The standard InChI is InChI=1S/C12H14F2N2O/c1-3-4-15-11-10-8(14)5-7(13)6-9(10)16(2)12(11)17/h5-6,11,15H,3-4H2,1-2H3. The van der Waals surface area contributed by atoms with E-state index in [1.165, 1.54) is 18.0 Å². The van der Waals surface area contributed by atoms with Crippen LogP contribution in [-0.2, 0) is 4.79 Å². The Morgan fingerprint density at radius 1 is 1.41 bits per heavy atom. The summed E-state index contributed by atoms with van der Waals surface area (Å²) in [6.07, 6.45) is 0.839. The van der Waals surface area contributed by atoms with Crippen LogP contribution in [-0.4, -0.2) is 19.5 Å². The number of hydrogen-bond acceptors (Lipinski definition) is 2. The Kier molecular flexibility index (Phi) is 3.11. The monoisotopic (exact) mass is 240 g/mol. The third kappa shape index (κ3) is 1.91. The summed E-state index contributed by atoms with van der Waals surface area (Å²) in [5.74, 6) is -1.60. The van der Waals surface area contributed by atoms with Crippen LogP contribution < -0.4 is 10.2 Å². The fourth-order valence-corrected chi connectivity index (χ4v) is 2.05. The van der Waals surface area contributed by atoms with Gasteiger partial charge in [-0.2, -0.15) is 0 Å². The Labute approximate surface area is 98.4 Å². The molecule has 1 atom stereocenters. The summed E-state index contributed by atoms with van der Waals surface area (Å²) in [4.78, 5) is 13.2. The normalized spacial score (nSPS) is 18.7. The minimum absolute atomic E-state index is 0.243. The lowest BCUT2D eigenvalue weighted by Crippen LogP contribution is -2.32. The van der Waals surface area contributed by atoms with Crippen molar-refractivity contribution in [3.05, 3.63) is 29.3 Å². The molecular formula is C12H14F2N2O. The van der Waals surface area contributed by atoms with Crippen molar-refractivity contribution >= 4 is 11.6 Å². The molecule has 1 aliphatic rings. The summed E-state index contributed by atoms with van der Waals surface area (Å²) in [6, 6.07) is 1.30. The van der Waals surface area contributed by atoms with Crippen LogP contribution >= 0.6 is 0 Å². The smallest absolute Gasteiger partial charge is 0.248 e. The van der Waals surface area contributed by atoms with Gasteiger partial charge < -0.3 is 10.2 Å². The average molecular weight is 240 g/mol. The van der Waals surface area contributed by atoms with Gasteiger partial charge in [0.15, 0.2) is 0 Å². The van der Waals surface area contributed by atoms with Gasteiger partial charge in [-0.25, -0.2) is 8.78 Å². The van der Waals surface area contributed by atoms with Crippen molar-refractivity contribution in [3.8, 4) is 0 Å². The summed E-state index contributed by atoms with van der Waals surface area (Å²) in [5, 5.41) is 2.97. The molecule has 1 aromatic carbocycles. The number of halogens is 2. The Morgan fingerprint density at radius 3 is 2.76 bits per heavy atom. The second-order valence-electron chi connectivity index (χ2n) is 4.10. The molecule has 0 aromatic heterocycles. The van der Waals surface area contributed by atoms with E-state index < -0.39 is 17.7 Å². The molecule has 1 amide bonds. The Hall–Kier alpha value is -1.49. The number of fused-ring (bicyclic) bond motifs is 1. The summed E-state index contributed by atoms with van der Waals surface area (Å²) in [6.45, 7) is 2.57. The van der Waals surface area contributed by atoms with Crippen molar-refractivity contribution in [3.63, 3.8) is 0 Å². The summed E-state index contributed by atoms with van der Waals surface area (Å²) >= 11 is 0. The number of nitrogens with one attached hydrogen (secondary N) is 1. The van der Waals surface area contributed by atoms with Crippen LogP contribution in [0.15, 0.2) is 12.1 Å². The maximum absolute atomic E-state index is 13.7. The molecule has 3 nitrogen and oxygen atoms in total. The predicted molar refractivity (Wildman–Crippen MR) is 60.8 cm³/mol. The van der Waals surface area contributed by atoms with Crippen molar-refractivity contribution in [2.75, 3.05) is 18.5 Å². The molecular weight excluding hydrogens is 226 g/mol. The van der Waals surface area contributed by atoms with Gasteiger partial charge in [0.1, 0.15) is 17.7 Å². The quantitative estimate of drug-likeness (QED) is 0.876. The van der Waals surface area contributed by atoms with Crippen molar-refractivity contribution in [2.24, 2.45) is 0 Å². The van der Waals surface area contributed by atoms with Crippen molar-refractivity contribution in [2.45, 2.75) is 19.4 Å². The number of carbonyl (C=O) groups excluding carboxylic acids is 1. The molecule has 92 valence electrons. The molecule has 17 heavy (non-hydrogen) atoms. The highest BCUT2D eigenvalue weighted by Gasteiger charge is 2.37. The number of anilines is 1. The van der Waals surface area contributed by atoms with E-state index in [0.717, 1.165) is 12.5 Å². The number of carbonyl (C=O) groups is 1. The van der Waals surface area contributed by atoms with Crippen LogP contribution in [0.3, 0.4) is 0 Å². The van der Waals surface area contributed by atoms with Gasteiger partial charge in [-0.05, 0) is 19.0 Å². The first-order valence-electron chi connectivity index (χ1n) is 5.56. The van der Waals surface area contributed by atoms with Crippen LogP contribution in [0, 0.1) is 11.6 Å². The van der Waals surface area contributed by atoms with Crippen LogP contribution in [0.1, 0.15) is 24.9 Å². The second kappa shape index (κ2) is 4.41. The fraction of sp³-hybridized carbons (Fsp3) is 0.417.